The second-order valence-electron chi connectivity index (χ2n) is 5.33. The summed E-state index contributed by atoms with van der Waals surface area (Å²) in [5, 5.41) is 1.39. The van der Waals surface area contributed by atoms with Gasteiger partial charge in [0.05, 0.1) is 15.7 Å². The van der Waals surface area contributed by atoms with Crippen LogP contribution < -0.4 is 4.90 Å². The van der Waals surface area contributed by atoms with E-state index >= 15 is 0 Å². The van der Waals surface area contributed by atoms with Crippen molar-refractivity contribution in [1.82, 2.24) is 4.90 Å². The Morgan fingerprint density at radius 1 is 1.25 bits per heavy atom. The van der Waals surface area contributed by atoms with E-state index in [4.69, 9.17) is 28.2 Å². The van der Waals surface area contributed by atoms with E-state index in [1.807, 2.05) is 18.2 Å². The standard InChI is InChI=1S/C15H19Cl2N3/c1-2-11-10-20(14-12(16)6-5-7-13(14)17)15-18-8-3-4-9-19(11)15/h5-7,11H,2-4,8-10H2,1H3. The molecule has 1 unspecified atom stereocenters. The topological polar surface area (TPSA) is 18.8 Å². The summed E-state index contributed by atoms with van der Waals surface area (Å²) in [7, 11) is 0. The Labute approximate surface area is 130 Å². The van der Waals surface area contributed by atoms with Gasteiger partial charge < -0.3 is 9.80 Å². The van der Waals surface area contributed by atoms with Crippen molar-refractivity contribution in [1.29, 1.82) is 0 Å². The molecule has 3 nitrogen and oxygen atoms in total. The van der Waals surface area contributed by atoms with E-state index in [1.165, 1.54) is 6.42 Å². The molecular formula is C15H19Cl2N3. The van der Waals surface area contributed by atoms with Gasteiger partial charge in [-0.25, -0.2) is 0 Å². The van der Waals surface area contributed by atoms with Gasteiger partial charge in [0.1, 0.15) is 0 Å². The maximum atomic E-state index is 6.37. The molecular weight excluding hydrogens is 293 g/mol. The first-order valence-corrected chi connectivity index (χ1v) is 8.00. The summed E-state index contributed by atoms with van der Waals surface area (Å²) < 4.78 is 0. The molecule has 2 heterocycles. The zero-order valence-electron chi connectivity index (χ0n) is 11.6. The number of guanidine groups is 1. The molecule has 0 bridgehead atoms. The van der Waals surface area contributed by atoms with Gasteiger partial charge in [0.15, 0.2) is 0 Å². The van der Waals surface area contributed by atoms with Crippen molar-refractivity contribution in [3.63, 3.8) is 0 Å². The SMILES string of the molecule is CCC1CN(c2c(Cl)cccc2Cl)C2=NCCCCN21. The van der Waals surface area contributed by atoms with Crippen LogP contribution >= 0.6 is 23.2 Å². The molecule has 108 valence electrons. The zero-order valence-corrected chi connectivity index (χ0v) is 13.2. The van der Waals surface area contributed by atoms with Gasteiger partial charge in [-0.05, 0) is 31.4 Å². The van der Waals surface area contributed by atoms with Crippen LogP contribution in [-0.4, -0.2) is 36.5 Å². The summed E-state index contributed by atoms with van der Waals surface area (Å²) in [6.45, 7) is 5.11. The van der Waals surface area contributed by atoms with Gasteiger partial charge >= 0.3 is 0 Å². The molecule has 3 rings (SSSR count). The van der Waals surface area contributed by atoms with Crippen LogP contribution in [0.1, 0.15) is 26.2 Å². The number of nitrogens with zero attached hydrogens (tertiary/aromatic N) is 3. The van der Waals surface area contributed by atoms with Crippen molar-refractivity contribution in [3.8, 4) is 0 Å². The normalized spacial score (nSPS) is 22.6. The lowest BCUT2D eigenvalue weighted by Gasteiger charge is -2.24. The van der Waals surface area contributed by atoms with Gasteiger partial charge in [-0.2, -0.15) is 0 Å². The van der Waals surface area contributed by atoms with Crippen molar-refractivity contribution in [2.75, 3.05) is 24.5 Å². The van der Waals surface area contributed by atoms with Crippen LogP contribution in [0.3, 0.4) is 0 Å². The molecule has 1 saturated heterocycles. The van der Waals surface area contributed by atoms with Crippen molar-refractivity contribution in [3.05, 3.63) is 28.2 Å². The Bertz CT molecular complexity index is 510. The van der Waals surface area contributed by atoms with Crippen LogP contribution in [0.5, 0.6) is 0 Å². The Kier molecular flexibility index (Phi) is 4.08. The number of rotatable bonds is 2. The zero-order chi connectivity index (χ0) is 14.1. The van der Waals surface area contributed by atoms with E-state index in [9.17, 15) is 0 Å². The molecule has 20 heavy (non-hydrogen) atoms. The van der Waals surface area contributed by atoms with Crippen LogP contribution in [-0.2, 0) is 0 Å². The monoisotopic (exact) mass is 311 g/mol. The quantitative estimate of drug-likeness (QED) is 0.820. The predicted octanol–water partition coefficient (Wildman–Crippen LogP) is 4.04. The number of hydrogen-bond donors (Lipinski definition) is 0. The third-order valence-corrected chi connectivity index (χ3v) is 4.68. The second kappa shape index (κ2) is 5.82. The summed E-state index contributed by atoms with van der Waals surface area (Å²) in [4.78, 5) is 9.40. The molecule has 0 saturated carbocycles. The van der Waals surface area contributed by atoms with Crippen molar-refractivity contribution in [2.45, 2.75) is 32.2 Å². The van der Waals surface area contributed by atoms with Crippen molar-refractivity contribution >= 4 is 34.8 Å². The summed E-state index contributed by atoms with van der Waals surface area (Å²) in [5.74, 6) is 1.05. The highest BCUT2D eigenvalue weighted by Gasteiger charge is 2.37. The van der Waals surface area contributed by atoms with E-state index in [0.29, 0.717) is 16.1 Å². The number of anilines is 1. The van der Waals surface area contributed by atoms with Crippen LogP contribution in [0.2, 0.25) is 10.0 Å². The van der Waals surface area contributed by atoms with Gasteiger partial charge in [-0.1, -0.05) is 36.2 Å². The fraction of sp³-hybridized carbons (Fsp3) is 0.533. The van der Waals surface area contributed by atoms with Crippen LogP contribution in [0.4, 0.5) is 5.69 Å². The number of benzene rings is 1. The minimum atomic E-state index is 0.499. The van der Waals surface area contributed by atoms with Crippen molar-refractivity contribution in [2.24, 2.45) is 4.99 Å². The highest BCUT2D eigenvalue weighted by atomic mass is 35.5. The fourth-order valence-corrected chi connectivity index (χ4v) is 3.63. The lowest BCUT2D eigenvalue weighted by molar-refractivity contribution is 0.340. The average molecular weight is 312 g/mol. The Hall–Kier alpha value is -0.930. The first-order valence-electron chi connectivity index (χ1n) is 7.25. The Morgan fingerprint density at radius 2 is 2.00 bits per heavy atom. The first-order chi connectivity index (χ1) is 9.72. The number of aliphatic imine (C=N–C) groups is 1. The van der Waals surface area contributed by atoms with Gasteiger partial charge in [0.25, 0.3) is 0 Å². The molecule has 1 fully saturated rings. The van der Waals surface area contributed by atoms with Gasteiger partial charge in [0.2, 0.25) is 5.96 Å². The Morgan fingerprint density at radius 3 is 2.70 bits per heavy atom. The summed E-state index contributed by atoms with van der Waals surface area (Å²) in [5.41, 5.74) is 0.900. The lowest BCUT2D eigenvalue weighted by Crippen LogP contribution is -2.36. The number of hydrogen-bond acceptors (Lipinski definition) is 3. The van der Waals surface area contributed by atoms with Gasteiger partial charge in [0, 0.05) is 25.7 Å². The van der Waals surface area contributed by atoms with Crippen LogP contribution in [0, 0.1) is 0 Å². The minimum Gasteiger partial charge on any atom is -0.338 e. The van der Waals surface area contributed by atoms with E-state index in [1.54, 1.807) is 0 Å². The van der Waals surface area contributed by atoms with Gasteiger partial charge in [-0.3, -0.25) is 4.99 Å². The molecule has 0 amide bonds. The molecule has 0 radical (unpaired) electrons. The minimum absolute atomic E-state index is 0.499. The van der Waals surface area contributed by atoms with Crippen LogP contribution in [0.25, 0.3) is 0 Å². The molecule has 0 aliphatic carbocycles. The molecule has 0 aromatic heterocycles. The first kappa shape index (κ1) is 14.0. The number of para-hydroxylation sites is 1. The largest absolute Gasteiger partial charge is 0.338 e. The number of fused-ring (bicyclic) bond motifs is 1. The number of halogens is 2. The van der Waals surface area contributed by atoms with Crippen molar-refractivity contribution < 1.29 is 0 Å². The van der Waals surface area contributed by atoms with E-state index in [2.05, 4.69) is 16.7 Å². The second-order valence-corrected chi connectivity index (χ2v) is 6.14. The third-order valence-electron chi connectivity index (χ3n) is 4.07. The molecule has 5 heteroatoms. The van der Waals surface area contributed by atoms with Crippen LogP contribution in [0.15, 0.2) is 23.2 Å². The predicted molar refractivity (Wildman–Crippen MR) is 86.1 cm³/mol. The smallest absolute Gasteiger partial charge is 0.201 e. The molecule has 0 N–H and O–H groups in total. The fourth-order valence-electron chi connectivity index (χ4n) is 3.03. The average Bonchev–Trinajstić information content (AvgIpc) is 2.61. The molecule has 2 aliphatic heterocycles. The molecule has 0 spiro atoms. The van der Waals surface area contributed by atoms with E-state index in [-0.39, 0.29) is 0 Å². The molecule has 1 atom stereocenters. The maximum Gasteiger partial charge on any atom is 0.201 e. The third kappa shape index (κ3) is 2.38. The lowest BCUT2D eigenvalue weighted by atomic mass is 10.2. The van der Waals surface area contributed by atoms with E-state index in [0.717, 1.165) is 44.1 Å². The summed E-state index contributed by atoms with van der Waals surface area (Å²) in [6, 6.07) is 6.17. The molecule has 2 aliphatic rings. The molecule has 1 aromatic carbocycles. The highest BCUT2D eigenvalue weighted by molar-refractivity contribution is 6.40. The Balaban J connectivity index is 2.03. The highest BCUT2D eigenvalue weighted by Crippen LogP contribution is 2.37. The molecule has 1 aromatic rings. The summed E-state index contributed by atoms with van der Waals surface area (Å²) in [6.07, 6.45) is 3.46. The van der Waals surface area contributed by atoms with E-state index < -0.39 is 0 Å². The summed E-state index contributed by atoms with van der Waals surface area (Å²) >= 11 is 12.7. The van der Waals surface area contributed by atoms with Gasteiger partial charge in [-0.15, -0.1) is 0 Å². The maximum absolute atomic E-state index is 6.37.